The molecule has 19 heavy (non-hydrogen) atoms. The summed E-state index contributed by atoms with van der Waals surface area (Å²) in [6, 6.07) is 6.41. The first-order valence-electron chi connectivity index (χ1n) is 5.65. The van der Waals surface area contributed by atoms with Crippen LogP contribution in [0.25, 0.3) is 0 Å². The zero-order chi connectivity index (χ0) is 14.3. The van der Waals surface area contributed by atoms with Crippen LogP contribution in [0.5, 0.6) is 5.75 Å². The third kappa shape index (κ3) is 5.24. The molecule has 1 amide bonds. The molecular formula is C12H15Cl2NO4. The van der Waals surface area contributed by atoms with Crippen molar-refractivity contribution in [1.82, 2.24) is 4.90 Å². The van der Waals surface area contributed by atoms with Crippen molar-refractivity contribution in [2.45, 2.75) is 5.56 Å². The van der Waals surface area contributed by atoms with Crippen LogP contribution in [0.4, 0.5) is 0 Å². The molecule has 0 spiro atoms. The number of halogens is 2. The molecule has 0 aliphatic heterocycles. The van der Waals surface area contributed by atoms with Crippen LogP contribution in [-0.4, -0.2) is 52.9 Å². The van der Waals surface area contributed by atoms with Gasteiger partial charge in [-0.1, -0.05) is 23.2 Å². The van der Waals surface area contributed by atoms with Gasteiger partial charge in [-0.2, -0.15) is 0 Å². The number of hydrogen-bond donors (Lipinski definition) is 2. The van der Waals surface area contributed by atoms with Crippen molar-refractivity contribution < 1.29 is 19.7 Å². The van der Waals surface area contributed by atoms with E-state index < -0.39 is 11.5 Å². The van der Waals surface area contributed by atoms with E-state index in [1.807, 2.05) is 0 Å². The first kappa shape index (κ1) is 16.0. The van der Waals surface area contributed by atoms with E-state index in [1.165, 1.54) is 4.90 Å². The molecule has 7 heteroatoms. The van der Waals surface area contributed by atoms with E-state index in [4.69, 9.17) is 38.2 Å². The van der Waals surface area contributed by atoms with Crippen molar-refractivity contribution >= 4 is 29.1 Å². The average Bonchev–Trinajstić information content (AvgIpc) is 2.40. The summed E-state index contributed by atoms with van der Waals surface area (Å²) >= 11 is 11.6. The summed E-state index contributed by atoms with van der Waals surface area (Å²) in [7, 11) is 0. The Kier molecular flexibility index (Phi) is 6.94. The molecule has 1 aromatic carbocycles. The van der Waals surface area contributed by atoms with Crippen LogP contribution in [0, 0.1) is 0 Å². The van der Waals surface area contributed by atoms with Gasteiger partial charge in [-0.3, -0.25) is 4.79 Å². The van der Waals surface area contributed by atoms with E-state index in [1.54, 1.807) is 24.3 Å². The predicted octanol–water partition coefficient (Wildman–Crippen LogP) is 1.10. The number of rotatable bonds is 7. The van der Waals surface area contributed by atoms with Crippen LogP contribution in [0.2, 0.25) is 5.02 Å². The van der Waals surface area contributed by atoms with E-state index in [9.17, 15) is 4.79 Å². The highest BCUT2D eigenvalue weighted by Gasteiger charge is 2.23. The summed E-state index contributed by atoms with van der Waals surface area (Å²) in [5.41, 5.74) is -1.22. The van der Waals surface area contributed by atoms with Crippen LogP contribution in [0.3, 0.4) is 0 Å². The van der Waals surface area contributed by atoms with E-state index in [2.05, 4.69) is 0 Å². The summed E-state index contributed by atoms with van der Waals surface area (Å²) in [5.74, 6) is -0.106. The van der Waals surface area contributed by atoms with Gasteiger partial charge in [-0.05, 0) is 24.3 Å². The van der Waals surface area contributed by atoms with E-state index in [-0.39, 0.29) is 26.3 Å². The second-order valence-corrected chi connectivity index (χ2v) is 4.49. The molecule has 0 saturated carbocycles. The number of hydrogen-bond acceptors (Lipinski definition) is 4. The molecule has 0 saturated heterocycles. The highest BCUT2D eigenvalue weighted by Crippen LogP contribution is 2.18. The van der Waals surface area contributed by atoms with Gasteiger partial charge >= 0.3 is 0 Å². The van der Waals surface area contributed by atoms with Crippen molar-refractivity contribution in [3.05, 3.63) is 29.3 Å². The lowest BCUT2D eigenvalue weighted by Gasteiger charge is -2.23. The summed E-state index contributed by atoms with van der Waals surface area (Å²) in [6.07, 6.45) is 0. The average molecular weight is 308 g/mol. The molecule has 1 rings (SSSR count). The van der Waals surface area contributed by atoms with Crippen LogP contribution in [-0.2, 0) is 4.79 Å². The summed E-state index contributed by atoms with van der Waals surface area (Å²) in [4.78, 5) is 13.1. The van der Waals surface area contributed by atoms with Crippen LogP contribution in [0.1, 0.15) is 0 Å². The third-order valence-electron chi connectivity index (χ3n) is 2.30. The molecule has 1 aromatic rings. The fourth-order valence-corrected chi connectivity index (χ4v) is 1.77. The molecule has 0 bridgehead atoms. The Morgan fingerprint density at radius 2 is 1.74 bits per heavy atom. The number of aliphatic hydroxyl groups excluding tert-OH is 2. The highest BCUT2D eigenvalue weighted by atomic mass is 35.5. The van der Waals surface area contributed by atoms with Gasteiger partial charge in [-0.15, -0.1) is 0 Å². The van der Waals surface area contributed by atoms with Crippen molar-refractivity contribution in [2.75, 3.05) is 26.3 Å². The third-order valence-corrected chi connectivity index (χ3v) is 2.83. The first-order valence-corrected chi connectivity index (χ1v) is 6.46. The smallest absolute Gasteiger partial charge is 0.279 e. The Hall–Kier alpha value is -1.01. The molecule has 0 aliphatic carbocycles. The zero-order valence-electron chi connectivity index (χ0n) is 10.1. The maximum Gasteiger partial charge on any atom is 0.279 e. The number of amides is 1. The number of aliphatic hydroxyl groups is 2. The van der Waals surface area contributed by atoms with Crippen molar-refractivity contribution in [3.63, 3.8) is 0 Å². The minimum absolute atomic E-state index is 0.0899. The second-order valence-electron chi connectivity index (χ2n) is 3.66. The predicted molar refractivity (Wildman–Crippen MR) is 72.5 cm³/mol. The van der Waals surface area contributed by atoms with Gasteiger partial charge < -0.3 is 19.8 Å². The van der Waals surface area contributed by atoms with E-state index in [0.29, 0.717) is 10.8 Å². The van der Waals surface area contributed by atoms with E-state index >= 15 is 0 Å². The fourth-order valence-electron chi connectivity index (χ4n) is 1.40. The molecule has 0 aliphatic rings. The SMILES string of the molecule is O=C(C(Cl)Oc1ccc(Cl)cc1)N(CCO)CCO. The molecule has 0 aromatic heterocycles. The molecule has 0 radical (unpaired) electrons. The van der Waals surface area contributed by atoms with Crippen LogP contribution >= 0.6 is 23.2 Å². The molecule has 106 valence electrons. The fraction of sp³-hybridized carbons (Fsp3) is 0.417. The number of carbonyl (C=O) groups excluding carboxylic acids is 1. The number of nitrogens with zero attached hydrogens (tertiary/aromatic N) is 1. The standard InChI is InChI=1S/C12H15Cl2NO4/c13-9-1-3-10(4-2-9)19-11(14)12(18)15(5-7-16)6-8-17/h1-4,11,16-17H,5-8H2. The highest BCUT2D eigenvalue weighted by molar-refractivity contribution is 6.30. The number of alkyl halides is 1. The van der Waals surface area contributed by atoms with Gasteiger partial charge in [0.15, 0.2) is 0 Å². The maximum absolute atomic E-state index is 11.9. The normalized spacial score (nSPS) is 12.0. The maximum atomic E-state index is 11.9. The number of carbonyl (C=O) groups is 1. The number of benzene rings is 1. The number of ether oxygens (including phenoxy) is 1. The Bertz CT molecular complexity index is 393. The largest absolute Gasteiger partial charge is 0.465 e. The Morgan fingerprint density at radius 1 is 1.21 bits per heavy atom. The molecule has 0 fully saturated rings. The summed E-state index contributed by atoms with van der Waals surface area (Å²) in [6.45, 7) is -0.244. The Balaban J connectivity index is 2.62. The topological polar surface area (TPSA) is 70.0 Å². The second kappa shape index (κ2) is 8.22. The van der Waals surface area contributed by atoms with Gasteiger partial charge in [0.25, 0.3) is 5.91 Å². The summed E-state index contributed by atoms with van der Waals surface area (Å²) < 4.78 is 5.26. The van der Waals surface area contributed by atoms with Gasteiger partial charge in [0.05, 0.1) is 13.2 Å². The minimum atomic E-state index is -1.22. The van der Waals surface area contributed by atoms with Gasteiger partial charge in [0, 0.05) is 18.1 Å². The van der Waals surface area contributed by atoms with Crippen molar-refractivity contribution in [2.24, 2.45) is 0 Å². The minimum Gasteiger partial charge on any atom is -0.465 e. The lowest BCUT2D eigenvalue weighted by Crippen LogP contribution is -2.42. The van der Waals surface area contributed by atoms with Gasteiger partial charge in [0.1, 0.15) is 5.75 Å². The Labute approximate surface area is 121 Å². The van der Waals surface area contributed by atoms with Gasteiger partial charge in [-0.25, -0.2) is 0 Å². The molecule has 0 heterocycles. The van der Waals surface area contributed by atoms with Crippen LogP contribution < -0.4 is 4.74 Å². The Morgan fingerprint density at radius 3 is 2.21 bits per heavy atom. The monoisotopic (exact) mass is 307 g/mol. The van der Waals surface area contributed by atoms with Crippen molar-refractivity contribution in [1.29, 1.82) is 0 Å². The molecule has 1 atom stereocenters. The summed E-state index contributed by atoms with van der Waals surface area (Å²) in [5, 5.41) is 18.2. The quantitative estimate of drug-likeness (QED) is 0.740. The molecular weight excluding hydrogens is 293 g/mol. The molecule has 2 N–H and O–H groups in total. The lowest BCUT2D eigenvalue weighted by molar-refractivity contribution is -0.136. The molecule has 1 unspecified atom stereocenters. The first-order chi connectivity index (χ1) is 9.08. The zero-order valence-corrected chi connectivity index (χ0v) is 11.6. The van der Waals surface area contributed by atoms with Gasteiger partial charge in [0.2, 0.25) is 5.56 Å². The van der Waals surface area contributed by atoms with Crippen molar-refractivity contribution in [3.8, 4) is 5.75 Å². The lowest BCUT2D eigenvalue weighted by atomic mass is 10.3. The van der Waals surface area contributed by atoms with Crippen LogP contribution in [0.15, 0.2) is 24.3 Å². The van der Waals surface area contributed by atoms with E-state index in [0.717, 1.165) is 0 Å². The molecule has 5 nitrogen and oxygen atoms in total.